The van der Waals surface area contributed by atoms with Gasteiger partial charge in [0.2, 0.25) is 5.91 Å². The molecule has 0 bridgehead atoms. The summed E-state index contributed by atoms with van der Waals surface area (Å²) in [7, 11) is -1.42. The molecular weight excluding hydrogens is 386 g/mol. The van der Waals surface area contributed by atoms with Crippen molar-refractivity contribution in [3.05, 3.63) is 29.8 Å². The van der Waals surface area contributed by atoms with Gasteiger partial charge in [-0.25, -0.2) is 8.42 Å². The van der Waals surface area contributed by atoms with E-state index >= 15 is 0 Å². The minimum absolute atomic E-state index is 0.0294. The van der Waals surface area contributed by atoms with Crippen LogP contribution in [0, 0.1) is 11.8 Å². The predicted molar refractivity (Wildman–Crippen MR) is 116 cm³/mol. The second-order valence-corrected chi connectivity index (χ2v) is 11.0. The Kier molecular flexibility index (Phi) is 7.60. The lowest BCUT2D eigenvalue weighted by atomic mass is 9.79. The molecule has 2 fully saturated rings. The molecule has 5 nitrogen and oxygen atoms in total. The van der Waals surface area contributed by atoms with Crippen molar-refractivity contribution in [2.24, 2.45) is 11.8 Å². The van der Waals surface area contributed by atoms with Gasteiger partial charge in [0.25, 0.3) is 0 Å². The van der Waals surface area contributed by atoms with Crippen molar-refractivity contribution in [3.63, 3.8) is 0 Å². The molecular formula is C23H35NO4S. The van der Waals surface area contributed by atoms with Crippen molar-refractivity contribution in [1.29, 1.82) is 0 Å². The summed E-state index contributed by atoms with van der Waals surface area (Å²) in [5.74, 6) is 1.95. The predicted octanol–water partition coefficient (Wildman–Crippen LogP) is 4.21. The van der Waals surface area contributed by atoms with E-state index in [9.17, 15) is 13.2 Å². The Hall–Kier alpha value is -1.56. The summed E-state index contributed by atoms with van der Waals surface area (Å²) in [6.45, 7) is 2.67. The molecule has 1 saturated heterocycles. The molecule has 2 aliphatic rings. The Labute approximate surface area is 175 Å². The molecule has 162 valence electrons. The molecule has 1 amide bonds. The smallest absolute Gasteiger partial charge is 0.226 e. The Morgan fingerprint density at radius 2 is 1.93 bits per heavy atom. The zero-order valence-electron chi connectivity index (χ0n) is 17.8. The zero-order chi connectivity index (χ0) is 20.9. The second kappa shape index (κ2) is 9.96. The number of benzene rings is 1. The summed E-state index contributed by atoms with van der Waals surface area (Å²) in [5.41, 5.74) is 0.985. The third-order valence-corrected chi connectivity index (χ3v) is 8.33. The molecule has 3 rings (SSSR count). The summed E-state index contributed by atoms with van der Waals surface area (Å²) in [6.07, 6.45) is 8.41. The summed E-state index contributed by atoms with van der Waals surface area (Å²) >= 11 is 0. The number of carbonyl (C=O) groups is 1. The number of nitrogens with zero attached hydrogens (tertiary/aromatic N) is 1. The molecule has 0 N–H and O–H groups in total. The van der Waals surface area contributed by atoms with E-state index in [1.165, 1.54) is 19.3 Å². The van der Waals surface area contributed by atoms with Crippen molar-refractivity contribution in [2.45, 2.75) is 70.9 Å². The molecule has 0 aromatic heterocycles. The average molecular weight is 422 g/mol. The zero-order valence-corrected chi connectivity index (χ0v) is 18.6. The van der Waals surface area contributed by atoms with Crippen LogP contribution in [0.5, 0.6) is 5.75 Å². The minimum Gasteiger partial charge on any atom is -0.497 e. The third-order valence-electron chi connectivity index (χ3n) is 6.58. The minimum atomic E-state index is -3.05. The summed E-state index contributed by atoms with van der Waals surface area (Å²) in [4.78, 5) is 15.3. The molecule has 1 saturated carbocycles. The van der Waals surface area contributed by atoms with Gasteiger partial charge in [-0.15, -0.1) is 0 Å². The van der Waals surface area contributed by atoms with E-state index in [1.54, 1.807) is 7.11 Å². The first-order valence-electron chi connectivity index (χ1n) is 11.1. The number of carbonyl (C=O) groups excluding carboxylic acids is 1. The van der Waals surface area contributed by atoms with Crippen molar-refractivity contribution in [2.75, 3.05) is 18.6 Å². The molecule has 0 spiro atoms. The van der Waals surface area contributed by atoms with Gasteiger partial charge >= 0.3 is 0 Å². The van der Waals surface area contributed by atoms with Crippen LogP contribution < -0.4 is 4.74 Å². The van der Waals surface area contributed by atoms with Gasteiger partial charge in [0.05, 0.1) is 18.6 Å². The van der Waals surface area contributed by atoms with E-state index in [0.717, 1.165) is 42.9 Å². The van der Waals surface area contributed by atoms with Gasteiger partial charge in [-0.2, -0.15) is 0 Å². The highest BCUT2D eigenvalue weighted by Crippen LogP contribution is 2.34. The van der Waals surface area contributed by atoms with Gasteiger partial charge in [0.15, 0.2) is 9.84 Å². The summed E-state index contributed by atoms with van der Waals surface area (Å²) < 4.78 is 29.5. The van der Waals surface area contributed by atoms with Crippen molar-refractivity contribution >= 4 is 15.7 Å². The molecule has 1 atom stereocenters. The summed E-state index contributed by atoms with van der Waals surface area (Å²) in [5, 5.41) is 0. The maximum Gasteiger partial charge on any atom is 0.226 e. The highest BCUT2D eigenvalue weighted by Gasteiger charge is 2.38. The van der Waals surface area contributed by atoms with Crippen LogP contribution in [0.3, 0.4) is 0 Å². The average Bonchev–Trinajstić information content (AvgIpc) is 3.10. The fourth-order valence-corrected chi connectivity index (χ4v) is 6.53. The highest BCUT2D eigenvalue weighted by atomic mass is 32.2. The van der Waals surface area contributed by atoms with Gasteiger partial charge in [-0.05, 0) is 55.7 Å². The van der Waals surface area contributed by atoms with Gasteiger partial charge in [-0.3, -0.25) is 4.79 Å². The fraction of sp³-hybridized carbons (Fsp3) is 0.696. The fourth-order valence-electron chi connectivity index (χ4n) is 4.80. The number of sulfone groups is 1. The lowest BCUT2D eigenvalue weighted by Crippen LogP contribution is -2.44. The van der Waals surface area contributed by atoms with Crippen LogP contribution in [0.2, 0.25) is 0 Å². The third kappa shape index (κ3) is 5.97. The van der Waals surface area contributed by atoms with E-state index in [1.807, 2.05) is 29.2 Å². The standard InChI is InChI=1S/C23H35NO4S/c1-3-4-6-18-9-11-20(12-10-18)23(25)24(21-13-14-29(26,27)17-21)16-19-7-5-8-22(15-19)28-2/h5,7-8,15,18,20-21H,3-4,6,9-14,16-17H2,1-2H3. The van der Waals surface area contributed by atoms with E-state index in [4.69, 9.17) is 4.74 Å². The van der Waals surface area contributed by atoms with Gasteiger partial charge in [0.1, 0.15) is 5.75 Å². The van der Waals surface area contributed by atoms with Crippen LogP contribution in [0.25, 0.3) is 0 Å². The molecule has 6 heteroatoms. The number of unbranched alkanes of at least 4 members (excludes halogenated alkanes) is 1. The van der Waals surface area contributed by atoms with Crippen LogP contribution >= 0.6 is 0 Å². The van der Waals surface area contributed by atoms with Crippen LogP contribution in [0.1, 0.15) is 63.9 Å². The van der Waals surface area contributed by atoms with Crippen LogP contribution in [0.4, 0.5) is 0 Å². The van der Waals surface area contributed by atoms with E-state index in [2.05, 4.69) is 6.92 Å². The van der Waals surface area contributed by atoms with Crippen molar-refractivity contribution < 1.29 is 17.9 Å². The van der Waals surface area contributed by atoms with E-state index in [0.29, 0.717) is 13.0 Å². The second-order valence-electron chi connectivity index (χ2n) is 8.73. The molecule has 1 aromatic rings. The highest BCUT2D eigenvalue weighted by molar-refractivity contribution is 7.91. The maximum atomic E-state index is 13.5. The number of hydrogen-bond donors (Lipinski definition) is 0. The van der Waals surface area contributed by atoms with Crippen LogP contribution in [0.15, 0.2) is 24.3 Å². The van der Waals surface area contributed by atoms with E-state index < -0.39 is 9.84 Å². The van der Waals surface area contributed by atoms with Crippen molar-refractivity contribution in [3.8, 4) is 5.75 Å². The number of rotatable bonds is 8. The number of hydrogen-bond acceptors (Lipinski definition) is 4. The largest absolute Gasteiger partial charge is 0.497 e. The first kappa shape index (κ1) is 22.1. The monoisotopic (exact) mass is 421 g/mol. The topological polar surface area (TPSA) is 63.7 Å². The molecule has 1 heterocycles. The number of amides is 1. The number of methoxy groups -OCH3 is 1. The maximum absolute atomic E-state index is 13.5. The van der Waals surface area contributed by atoms with Crippen LogP contribution in [-0.2, 0) is 21.2 Å². The molecule has 1 unspecified atom stereocenters. The SMILES string of the molecule is CCCCC1CCC(C(=O)N(Cc2cccc(OC)c2)C2CCS(=O)(=O)C2)CC1. The van der Waals surface area contributed by atoms with Crippen molar-refractivity contribution in [1.82, 2.24) is 4.90 Å². The first-order valence-corrected chi connectivity index (χ1v) is 12.9. The Morgan fingerprint density at radius 3 is 2.55 bits per heavy atom. The molecule has 1 aliphatic carbocycles. The first-order chi connectivity index (χ1) is 13.9. The lowest BCUT2D eigenvalue weighted by molar-refractivity contribution is -0.139. The Balaban J connectivity index is 1.71. The Morgan fingerprint density at radius 1 is 1.17 bits per heavy atom. The Bertz CT molecular complexity index is 784. The van der Waals surface area contributed by atoms with Gasteiger partial charge in [-0.1, -0.05) is 38.3 Å². The summed E-state index contributed by atoms with van der Waals surface area (Å²) in [6, 6.07) is 7.50. The normalized spacial score (nSPS) is 26.2. The van der Waals surface area contributed by atoms with Gasteiger partial charge < -0.3 is 9.64 Å². The van der Waals surface area contributed by atoms with Gasteiger partial charge in [0, 0.05) is 18.5 Å². The number of ether oxygens (including phenoxy) is 1. The molecule has 0 radical (unpaired) electrons. The molecule has 1 aliphatic heterocycles. The molecule has 1 aromatic carbocycles. The quantitative estimate of drug-likeness (QED) is 0.631. The van der Waals surface area contributed by atoms with Crippen LogP contribution in [-0.4, -0.2) is 43.9 Å². The lowest BCUT2D eigenvalue weighted by Gasteiger charge is -2.35. The molecule has 29 heavy (non-hydrogen) atoms. The van der Waals surface area contributed by atoms with E-state index in [-0.39, 0.29) is 29.4 Å².